The molecule has 1 aliphatic rings. The number of halogens is 1. The van der Waals surface area contributed by atoms with Crippen LogP contribution in [0.1, 0.15) is 28.8 Å². The van der Waals surface area contributed by atoms with E-state index in [0.29, 0.717) is 23.7 Å². The standard InChI is InChI=1S/C14H19FN2O2/c1-9-6-11(16)7-12(13(9)15)14(18)17-8-10-2-4-19-5-3-10/h6-7,10H,2-5,8,16H2,1H3,(H,17,18). The second-order valence-electron chi connectivity index (χ2n) is 4.97. The summed E-state index contributed by atoms with van der Waals surface area (Å²) in [6.07, 6.45) is 1.86. The summed E-state index contributed by atoms with van der Waals surface area (Å²) in [6, 6.07) is 2.90. The normalized spacial score (nSPS) is 16.3. The molecule has 0 spiro atoms. The molecule has 0 unspecified atom stereocenters. The van der Waals surface area contributed by atoms with Gasteiger partial charge >= 0.3 is 0 Å². The van der Waals surface area contributed by atoms with E-state index >= 15 is 0 Å². The third-order valence-electron chi connectivity index (χ3n) is 3.41. The number of anilines is 1. The third-order valence-corrected chi connectivity index (χ3v) is 3.41. The van der Waals surface area contributed by atoms with Crippen molar-refractivity contribution in [3.05, 3.63) is 29.1 Å². The molecule has 5 heteroatoms. The van der Waals surface area contributed by atoms with Crippen molar-refractivity contribution in [2.24, 2.45) is 5.92 Å². The summed E-state index contributed by atoms with van der Waals surface area (Å²) in [5, 5.41) is 2.77. The van der Waals surface area contributed by atoms with Gasteiger partial charge in [0.25, 0.3) is 5.91 Å². The molecule has 3 N–H and O–H groups in total. The first-order valence-corrected chi connectivity index (χ1v) is 6.49. The first kappa shape index (κ1) is 13.8. The molecule has 2 rings (SSSR count). The number of hydrogen-bond acceptors (Lipinski definition) is 3. The van der Waals surface area contributed by atoms with Crippen LogP contribution < -0.4 is 11.1 Å². The predicted octanol–water partition coefficient (Wildman–Crippen LogP) is 1.87. The number of ether oxygens (including phenoxy) is 1. The van der Waals surface area contributed by atoms with E-state index in [9.17, 15) is 9.18 Å². The van der Waals surface area contributed by atoms with Gasteiger partial charge in [0.15, 0.2) is 0 Å². The van der Waals surface area contributed by atoms with E-state index in [1.54, 1.807) is 6.92 Å². The molecule has 0 radical (unpaired) electrons. The van der Waals surface area contributed by atoms with Crippen LogP contribution in [-0.4, -0.2) is 25.7 Å². The molecule has 0 saturated carbocycles. The highest BCUT2D eigenvalue weighted by Crippen LogP contribution is 2.18. The maximum absolute atomic E-state index is 13.9. The number of nitrogens with two attached hydrogens (primary N) is 1. The molecule has 1 aliphatic heterocycles. The maximum atomic E-state index is 13.9. The van der Waals surface area contributed by atoms with Gasteiger partial charge in [0.2, 0.25) is 0 Å². The minimum absolute atomic E-state index is 0.0181. The van der Waals surface area contributed by atoms with Crippen molar-refractivity contribution in [2.45, 2.75) is 19.8 Å². The van der Waals surface area contributed by atoms with E-state index in [1.165, 1.54) is 12.1 Å². The SMILES string of the molecule is Cc1cc(N)cc(C(=O)NCC2CCOCC2)c1F. The topological polar surface area (TPSA) is 64.4 Å². The summed E-state index contributed by atoms with van der Waals surface area (Å²) >= 11 is 0. The number of hydrogen-bond donors (Lipinski definition) is 2. The van der Waals surface area contributed by atoms with Gasteiger partial charge in [-0.15, -0.1) is 0 Å². The average Bonchev–Trinajstić information content (AvgIpc) is 2.41. The van der Waals surface area contributed by atoms with Crippen LogP contribution in [0.4, 0.5) is 10.1 Å². The van der Waals surface area contributed by atoms with Crippen LogP contribution in [-0.2, 0) is 4.74 Å². The maximum Gasteiger partial charge on any atom is 0.254 e. The molecule has 0 aromatic heterocycles. The number of benzene rings is 1. The third kappa shape index (κ3) is 3.44. The lowest BCUT2D eigenvalue weighted by molar-refractivity contribution is 0.0642. The smallest absolute Gasteiger partial charge is 0.254 e. The van der Waals surface area contributed by atoms with Gasteiger partial charge in [-0.3, -0.25) is 4.79 Å². The monoisotopic (exact) mass is 266 g/mol. The van der Waals surface area contributed by atoms with Gasteiger partial charge in [-0.1, -0.05) is 0 Å². The van der Waals surface area contributed by atoms with Crippen molar-refractivity contribution >= 4 is 11.6 Å². The fraction of sp³-hybridized carbons (Fsp3) is 0.500. The first-order valence-electron chi connectivity index (χ1n) is 6.49. The van der Waals surface area contributed by atoms with Crippen molar-refractivity contribution in [2.75, 3.05) is 25.5 Å². The van der Waals surface area contributed by atoms with Gasteiger partial charge < -0.3 is 15.8 Å². The highest BCUT2D eigenvalue weighted by atomic mass is 19.1. The molecule has 1 aromatic carbocycles. The number of carbonyl (C=O) groups excluding carboxylic acids is 1. The Hall–Kier alpha value is -1.62. The molecule has 1 heterocycles. The van der Waals surface area contributed by atoms with E-state index in [1.807, 2.05) is 0 Å². The minimum Gasteiger partial charge on any atom is -0.399 e. The van der Waals surface area contributed by atoms with Gasteiger partial charge in [0.05, 0.1) is 5.56 Å². The number of amides is 1. The number of rotatable bonds is 3. The Bertz CT molecular complexity index is 471. The van der Waals surface area contributed by atoms with Gasteiger partial charge in [0.1, 0.15) is 5.82 Å². The number of carbonyl (C=O) groups is 1. The lowest BCUT2D eigenvalue weighted by atomic mass is 10.00. The van der Waals surface area contributed by atoms with Crippen molar-refractivity contribution in [3.8, 4) is 0 Å². The molecule has 104 valence electrons. The summed E-state index contributed by atoms with van der Waals surface area (Å²) in [6.45, 7) is 3.61. The number of aryl methyl sites for hydroxylation is 1. The Kier molecular flexibility index (Phi) is 4.37. The van der Waals surface area contributed by atoms with E-state index in [2.05, 4.69) is 5.32 Å². The van der Waals surface area contributed by atoms with Gasteiger partial charge in [-0.2, -0.15) is 0 Å². The molecular formula is C14H19FN2O2. The van der Waals surface area contributed by atoms with Crippen LogP contribution in [0.25, 0.3) is 0 Å². The summed E-state index contributed by atoms with van der Waals surface area (Å²) in [5.41, 5.74) is 6.44. The van der Waals surface area contributed by atoms with E-state index in [-0.39, 0.29) is 5.56 Å². The molecule has 0 aliphatic carbocycles. The fourth-order valence-corrected chi connectivity index (χ4v) is 2.25. The van der Waals surface area contributed by atoms with Crippen LogP contribution in [0, 0.1) is 18.7 Å². The predicted molar refractivity (Wildman–Crippen MR) is 71.4 cm³/mol. The molecule has 19 heavy (non-hydrogen) atoms. The molecule has 1 saturated heterocycles. The zero-order valence-corrected chi connectivity index (χ0v) is 11.0. The van der Waals surface area contributed by atoms with Crippen molar-refractivity contribution in [1.82, 2.24) is 5.32 Å². The van der Waals surface area contributed by atoms with Crippen molar-refractivity contribution in [1.29, 1.82) is 0 Å². The molecule has 0 bridgehead atoms. The average molecular weight is 266 g/mol. The number of nitrogens with one attached hydrogen (secondary N) is 1. The van der Waals surface area contributed by atoms with Gasteiger partial charge in [-0.05, 0) is 43.4 Å². The summed E-state index contributed by atoms with van der Waals surface area (Å²) in [5.74, 6) is -0.499. The largest absolute Gasteiger partial charge is 0.399 e. The van der Waals surface area contributed by atoms with Crippen molar-refractivity contribution in [3.63, 3.8) is 0 Å². The second kappa shape index (κ2) is 6.02. The lowest BCUT2D eigenvalue weighted by Crippen LogP contribution is -2.32. The highest BCUT2D eigenvalue weighted by molar-refractivity contribution is 5.95. The highest BCUT2D eigenvalue weighted by Gasteiger charge is 2.18. The van der Waals surface area contributed by atoms with E-state index in [4.69, 9.17) is 10.5 Å². The summed E-state index contributed by atoms with van der Waals surface area (Å²) in [4.78, 5) is 12.0. The van der Waals surface area contributed by atoms with Gasteiger partial charge in [0, 0.05) is 25.4 Å². The first-order chi connectivity index (χ1) is 9.08. The molecule has 0 atom stereocenters. The van der Waals surface area contributed by atoms with Crippen molar-refractivity contribution < 1.29 is 13.9 Å². The van der Waals surface area contributed by atoms with Crippen LogP contribution >= 0.6 is 0 Å². The Morgan fingerprint density at radius 2 is 2.16 bits per heavy atom. The van der Waals surface area contributed by atoms with Crippen LogP contribution in [0.15, 0.2) is 12.1 Å². The molecule has 1 fully saturated rings. The Morgan fingerprint density at radius 1 is 1.47 bits per heavy atom. The van der Waals surface area contributed by atoms with Crippen LogP contribution in [0.3, 0.4) is 0 Å². The van der Waals surface area contributed by atoms with Crippen LogP contribution in [0.2, 0.25) is 0 Å². The van der Waals surface area contributed by atoms with Gasteiger partial charge in [-0.25, -0.2) is 4.39 Å². The van der Waals surface area contributed by atoms with Crippen LogP contribution in [0.5, 0.6) is 0 Å². The Morgan fingerprint density at radius 3 is 2.84 bits per heavy atom. The molecule has 1 amide bonds. The summed E-state index contributed by atoms with van der Waals surface area (Å²) in [7, 11) is 0. The zero-order chi connectivity index (χ0) is 13.8. The quantitative estimate of drug-likeness (QED) is 0.821. The minimum atomic E-state index is -0.501. The zero-order valence-electron chi connectivity index (χ0n) is 11.0. The number of nitrogen functional groups attached to an aromatic ring is 1. The summed E-state index contributed by atoms with van der Waals surface area (Å²) < 4.78 is 19.1. The Balaban J connectivity index is 1.99. The molecule has 4 nitrogen and oxygen atoms in total. The molecular weight excluding hydrogens is 247 g/mol. The fourth-order valence-electron chi connectivity index (χ4n) is 2.25. The van der Waals surface area contributed by atoms with E-state index < -0.39 is 11.7 Å². The van der Waals surface area contributed by atoms with E-state index in [0.717, 1.165) is 26.1 Å². The Labute approximate surface area is 112 Å². The molecule has 1 aromatic rings. The lowest BCUT2D eigenvalue weighted by Gasteiger charge is -2.22. The second-order valence-corrected chi connectivity index (χ2v) is 4.97.